The van der Waals surface area contributed by atoms with Crippen molar-refractivity contribution in [2.24, 2.45) is 0 Å². The van der Waals surface area contributed by atoms with E-state index in [9.17, 15) is 14.4 Å². The van der Waals surface area contributed by atoms with Gasteiger partial charge in [0.2, 0.25) is 0 Å². The number of carbonyl (C=O) groups excluding carboxylic acids is 3. The fraction of sp³-hybridized carbons (Fsp3) is 0.154. The minimum Gasteiger partial charge on any atom is -0.326 e. The van der Waals surface area contributed by atoms with Gasteiger partial charge in [0.25, 0.3) is 17.7 Å². The second kappa shape index (κ2) is 9.94. The second-order valence-electron chi connectivity index (χ2n) is 8.11. The Labute approximate surface area is 206 Å². The number of hydrogen-bond acceptors (Lipinski definition) is 5. The summed E-state index contributed by atoms with van der Waals surface area (Å²) in [6, 6.07) is 21.8. The van der Waals surface area contributed by atoms with Crippen LogP contribution in [-0.2, 0) is 4.79 Å². The quantitative estimate of drug-likeness (QED) is 0.422. The predicted octanol–water partition coefficient (Wildman–Crippen LogP) is 3.67. The maximum atomic E-state index is 13.1. The number of rotatable bonds is 5. The van der Waals surface area contributed by atoms with Gasteiger partial charge in [-0.15, -0.1) is 11.3 Å². The predicted molar refractivity (Wildman–Crippen MR) is 133 cm³/mol. The van der Waals surface area contributed by atoms with Crippen LogP contribution in [-0.4, -0.2) is 45.0 Å². The van der Waals surface area contributed by atoms with E-state index in [0.29, 0.717) is 29.1 Å². The second-order valence-corrected chi connectivity index (χ2v) is 9.06. The molecule has 0 radical (unpaired) electrons. The molecule has 0 bridgehead atoms. The Balaban J connectivity index is 1.33. The van der Waals surface area contributed by atoms with Crippen LogP contribution in [0, 0.1) is 0 Å². The van der Waals surface area contributed by atoms with Crippen LogP contribution in [0.15, 0.2) is 84.4 Å². The van der Waals surface area contributed by atoms with Crippen molar-refractivity contribution < 1.29 is 14.4 Å². The topological polar surface area (TPSA) is 96.3 Å². The molecule has 8 nitrogen and oxygen atoms in total. The van der Waals surface area contributed by atoms with E-state index in [-0.39, 0.29) is 5.91 Å². The maximum absolute atomic E-state index is 13.1. The Kier molecular flexibility index (Phi) is 6.40. The van der Waals surface area contributed by atoms with Gasteiger partial charge in [0.1, 0.15) is 11.7 Å². The van der Waals surface area contributed by atoms with E-state index >= 15 is 0 Å². The summed E-state index contributed by atoms with van der Waals surface area (Å²) in [5.74, 6) is -1.08. The van der Waals surface area contributed by atoms with Crippen LogP contribution in [0.25, 0.3) is 16.9 Å². The number of amides is 3. The number of nitrogens with one attached hydrogen (secondary N) is 2. The molecule has 1 aliphatic rings. The highest BCUT2D eigenvalue weighted by molar-refractivity contribution is 7.12. The van der Waals surface area contributed by atoms with Crippen molar-refractivity contribution in [3.05, 3.63) is 94.8 Å². The lowest BCUT2D eigenvalue weighted by molar-refractivity contribution is -0.125. The van der Waals surface area contributed by atoms with E-state index in [1.165, 1.54) is 11.3 Å². The SMILES string of the molecule is O=C(NNC(=O)[C@@H]1CCCN1C(=O)c1cccs1)c1cn(-c2ccccc2)nc1-c1ccccc1. The van der Waals surface area contributed by atoms with Crippen LogP contribution < -0.4 is 10.9 Å². The number of hydrazine groups is 1. The van der Waals surface area contributed by atoms with E-state index in [1.807, 2.05) is 72.1 Å². The van der Waals surface area contributed by atoms with E-state index in [0.717, 1.165) is 17.7 Å². The monoisotopic (exact) mass is 485 g/mol. The summed E-state index contributed by atoms with van der Waals surface area (Å²) in [7, 11) is 0. The average Bonchev–Trinajstić information content (AvgIpc) is 3.68. The fourth-order valence-electron chi connectivity index (χ4n) is 4.16. The molecule has 4 aromatic rings. The van der Waals surface area contributed by atoms with E-state index < -0.39 is 17.9 Å². The first-order chi connectivity index (χ1) is 17.1. The Morgan fingerprint density at radius 3 is 2.37 bits per heavy atom. The van der Waals surface area contributed by atoms with Crippen LogP contribution in [0.3, 0.4) is 0 Å². The molecule has 5 rings (SSSR count). The van der Waals surface area contributed by atoms with Gasteiger partial charge in [-0.05, 0) is 36.4 Å². The zero-order valence-electron chi connectivity index (χ0n) is 18.8. The standard InChI is InChI=1S/C26H23N5O3S/c32-24(27-28-25(33)21-13-7-15-30(21)26(34)22-14-8-16-35-22)20-17-31(19-11-5-2-6-12-19)29-23(20)18-9-3-1-4-10-18/h1-6,8-12,14,16-17,21H,7,13,15H2,(H,27,32)(H,28,33)/t21-/m0/s1. The number of benzene rings is 2. The summed E-state index contributed by atoms with van der Waals surface area (Å²) >= 11 is 1.35. The zero-order chi connectivity index (χ0) is 24.2. The first-order valence-electron chi connectivity index (χ1n) is 11.3. The normalized spacial score (nSPS) is 15.1. The molecule has 0 spiro atoms. The number of nitrogens with zero attached hydrogens (tertiary/aromatic N) is 3. The molecule has 2 N–H and O–H groups in total. The van der Waals surface area contributed by atoms with Crippen molar-refractivity contribution in [2.45, 2.75) is 18.9 Å². The highest BCUT2D eigenvalue weighted by Gasteiger charge is 2.35. The van der Waals surface area contributed by atoms with Crippen LogP contribution in [0.1, 0.15) is 32.9 Å². The van der Waals surface area contributed by atoms with Crippen LogP contribution in [0.2, 0.25) is 0 Å². The number of carbonyl (C=O) groups is 3. The lowest BCUT2D eigenvalue weighted by atomic mass is 10.1. The van der Waals surface area contributed by atoms with Crippen LogP contribution in [0.5, 0.6) is 0 Å². The Hall–Kier alpha value is -4.24. The molecule has 1 fully saturated rings. The maximum Gasteiger partial charge on any atom is 0.273 e. The molecule has 0 saturated carbocycles. The van der Waals surface area contributed by atoms with Gasteiger partial charge in [-0.3, -0.25) is 25.2 Å². The van der Waals surface area contributed by atoms with Crippen LogP contribution >= 0.6 is 11.3 Å². The van der Waals surface area contributed by atoms with Gasteiger partial charge in [-0.1, -0.05) is 54.6 Å². The molecule has 1 saturated heterocycles. The van der Waals surface area contributed by atoms with Gasteiger partial charge in [-0.2, -0.15) is 5.10 Å². The molecule has 3 amide bonds. The van der Waals surface area contributed by atoms with Gasteiger partial charge in [0.05, 0.1) is 16.1 Å². The van der Waals surface area contributed by atoms with Crippen molar-refractivity contribution in [2.75, 3.05) is 6.54 Å². The molecule has 35 heavy (non-hydrogen) atoms. The minimum atomic E-state index is -0.634. The third kappa shape index (κ3) is 4.71. The largest absolute Gasteiger partial charge is 0.326 e. The zero-order valence-corrected chi connectivity index (χ0v) is 19.6. The van der Waals surface area contributed by atoms with Gasteiger partial charge in [0.15, 0.2) is 0 Å². The summed E-state index contributed by atoms with van der Waals surface area (Å²) < 4.78 is 1.64. The molecule has 1 atom stereocenters. The van der Waals surface area contributed by atoms with E-state index in [2.05, 4.69) is 16.0 Å². The molecule has 2 aromatic carbocycles. The molecular formula is C26H23N5O3S. The lowest BCUT2D eigenvalue weighted by Crippen LogP contribution is -2.51. The Morgan fingerprint density at radius 2 is 1.66 bits per heavy atom. The molecule has 0 unspecified atom stereocenters. The number of likely N-dealkylation sites (tertiary alicyclic amines) is 1. The van der Waals surface area contributed by atoms with Crippen LogP contribution in [0.4, 0.5) is 0 Å². The summed E-state index contributed by atoms with van der Waals surface area (Å²) in [6.07, 6.45) is 2.91. The number of hydrogen-bond donors (Lipinski definition) is 2. The lowest BCUT2D eigenvalue weighted by Gasteiger charge is -2.23. The molecule has 3 heterocycles. The van der Waals surface area contributed by atoms with Gasteiger partial charge >= 0.3 is 0 Å². The molecule has 0 aliphatic carbocycles. The summed E-state index contributed by atoms with van der Waals surface area (Å²) in [5.41, 5.74) is 7.43. The summed E-state index contributed by atoms with van der Waals surface area (Å²) in [4.78, 5) is 41.0. The van der Waals surface area contributed by atoms with Crippen molar-refractivity contribution in [3.63, 3.8) is 0 Å². The number of aromatic nitrogens is 2. The summed E-state index contributed by atoms with van der Waals surface area (Å²) in [5, 5.41) is 6.46. The smallest absolute Gasteiger partial charge is 0.273 e. The molecule has 1 aliphatic heterocycles. The van der Waals surface area contributed by atoms with Crippen molar-refractivity contribution in [1.82, 2.24) is 25.5 Å². The molecule has 2 aromatic heterocycles. The van der Waals surface area contributed by atoms with E-state index in [4.69, 9.17) is 0 Å². The first kappa shape index (κ1) is 22.5. The Bertz CT molecular complexity index is 1340. The number of para-hydroxylation sites is 1. The Morgan fingerprint density at radius 1 is 0.914 bits per heavy atom. The van der Waals surface area contributed by atoms with Crippen molar-refractivity contribution in [3.8, 4) is 16.9 Å². The third-order valence-corrected chi connectivity index (χ3v) is 6.73. The highest BCUT2D eigenvalue weighted by Crippen LogP contribution is 2.24. The van der Waals surface area contributed by atoms with Crippen molar-refractivity contribution in [1.29, 1.82) is 0 Å². The van der Waals surface area contributed by atoms with E-state index in [1.54, 1.807) is 21.8 Å². The van der Waals surface area contributed by atoms with Gasteiger partial charge in [-0.25, -0.2) is 4.68 Å². The first-order valence-corrected chi connectivity index (χ1v) is 12.1. The highest BCUT2D eigenvalue weighted by atomic mass is 32.1. The fourth-order valence-corrected chi connectivity index (χ4v) is 4.83. The van der Waals surface area contributed by atoms with Gasteiger partial charge in [0, 0.05) is 18.3 Å². The third-order valence-electron chi connectivity index (χ3n) is 5.87. The summed E-state index contributed by atoms with van der Waals surface area (Å²) in [6.45, 7) is 0.505. The molecular weight excluding hydrogens is 462 g/mol. The average molecular weight is 486 g/mol. The van der Waals surface area contributed by atoms with Crippen molar-refractivity contribution >= 4 is 29.1 Å². The molecule has 9 heteroatoms. The number of thiophene rings is 1. The van der Waals surface area contributed by atoms with Gasteiger partial charge < -0.3 is 4.90 Å². The minimum absolute atomic E-state index is 0.167. The molecule has 176 valence electrons.